The molecule has 2 aromatic rings. The third-order valence-corrected chi connectivity index (χ3v) is 6.81. The smallest absolute Gasteiger partial charge is 0.200 e. The molecule has 0 unspecified atom stereocenters. The number of rotatable bonds is 3. The van der Waals surface area contributed by atoms with Gasteiger partial charge in [-0.15, -0.1) is 0 Å². The summed E-state index contributed by atoms with van der Waals surface area (Å²) < 4.78 is 12.4. The highest BCUT2D eigenvalue weighted by Gasteiger charge is 2.52. The van der Waals surface area contributed by atoms with Crippen molar-refractivity contribution in [3.63, 3.8) is 0 Å². The summed E-state index contributed by atoms with van der Waals surface area (Å²) in [4.78, 5) is 2.47. The molecule has 3 aliphatic rings. The normalized spacial score (nSPS) is 22.7. The summed E-state index contributed by atoms with van der Waals surface area (Å²) in [5, 5.41) is 8.07. The number of methoxy groups -OCH3 is 1. The molecular weight excluding hydrogens is 386 g/mol. The molecule has 5 nitrogen and oxygen atoms in total. The van der Waals surface area contributed by atoms with E-state index >= 15 is 0 Å². The lowest BCUT2D eigenvalue weighted by atomic mass is 9.90. The second-order valence-corrected chi connectivity index (χ2v) is 8.36. The Kier molecular flexibility index (Phi) is 4.67. The molecule has 0 aromatic heterocycles. The van der Waals surface area contributed by atoms with Gasteiger partial charge in [-0.1, -0.05) is 48.9 Å². The fourth-order valence-corrected chi connectivity index (χ4v) is 5.08. The quantitative estimate of drug-likeness (QED) is 0.733. The lowest BCUT2D eigenvalue weighted by Gasteiger charge is -2.51. The maximum absolute atomic E-state index is 6.74. The van der Waals surface area contributed by atoms with Gasteiger partial charge in [0.15, 0.2) is 11.5 Å². The minimum Gasteiger partial charge on any atom is -0.493 e. The van der Waals surface area contributed by atoms with Gasteiger partial charge in [-0.3, -0.25) is 0 Å². The first-order chi connectivity index (χ1) is 14.1. The molecule has 152 valence electrons. The van der Waals surface area contributed by atoms with Crippen molar-refractivity contribution in [1.29, 1.82) is 0 Å². The largest absolute Gasteiger partial charge is 0.493 e. The molecular formula is C23H26ClN3O2. The first kappa shape index (κ1) is 18.8. The summed E-state index contributed by atoms with van der Waals surface area (Å²) in [5.41, 5.74) is 2.73. The van der Waals surface area contributed by atoms with Crippen LogP contribution in [0.1, 0.15) is 43.4 Å². The van der Waals surface area contributed by atoms with E-state index < -0.39 is 5.72 Å². The molecule has 1 atom stereocenters. The fraction of sp³-hybridized carbons (Fsp3) is 0.435. The molecule has 29 heavy (non-hydrogen) atoms. The van der Waals surface area contributed by atoms with E-state index in [0.717, 1.165) is 72.3 Å². The van der Waals surface area contributed by atoms with E-state index in [1.807, 2.05) is 30.3 Å². The Hall–Kier alpha value is -2.24. The highest BCUT2D eigenvalue weighted by Crippen LogP contribution is 2.52. The van der Waals surface area contributed by atoms with Gasteiger partial charge in [0, 0.05) is 48.5 Å². The monoisotopic (exact) mass is 411 g/mol. The number of nitrogens with zero attached hydrogens (tertiary/aromatic N) is 3. The Labute approximate surface area is 176 Å². The van der Waals surface area contributed by atoms with Gasteiger partial charge in [0.1, 0.15) is 0 Å². The van der Waals surface area contributed by atoms with Gasteiger partial charge >= 0.3 is 0 Å². The Morgan fingerprint density at radius 2 is 1.97 bits per heavy atom. The van der Waals surface area contributed by atoms with Crippen LogP contribution in [0, 0.1) is 0 Å². The zero-order valence-corrected chi connectivity index (χ0v) is 17.7. The van der Waals surface area contributed by atoms with Crippen molar-refractivity contribution in [2.45, 2.75) is 38.0 Å². The predicted molar refractivity (Wildman–Crippen MR) is 115 cm³/mol. The average Bonchev–Trinajstić information content (AvgIpc) is 3.21. The van der Waals surface area contributed by atoms with Crippen molar-refractivity contribution in [1.82, 2.24) is 9.91 Å². The van der Waals surface area contributed by atoms with Gasteiger partial charge in [0.25, 0.3) is 0 Å². The van der Waals surface area contributed by atoms with Gasteiger partial charge < -0.3 is 14.4 Å². The minimum absolute atomic E-state index is 0.133. The van der Waals surface area contributed by atoms with Crippen molar-refractivity contribution in [2.24, 2.45) is 5.10 Å². The van der Waals surface area contributed by atoms with E-state index in [1.54, 1.807) is 7.11 Å². The maximum Gasteiger partial charge on any atom is 0.200 e. The molecule has 0 amide bonds. The van der Waals surface area contributed by atoms with Crippen molar-refractivity contribution < 1.29 is 9.47 Å². The molecule has 3 aliphatic heterocycles. The standard InChI is InChI=1S/C23H26ClN3O2/c1-3-26-13-11-23(12-14-26)27-20(17-8-6-10-21(28-2)22(17)29-23)15-19(25-27)16-7-4-5-9-18(16)24/h4-10,20H,3,11-15H2,1-2H3/t20-/m1/s1. The summed E-state index contributed by atoms with van der Waals surface area (Å²) in [6.07, 6.45) is 2.63. The summed E-state index contributed by atoms with van der Waals surface area (Å²) in [7, 11) is 1.71. The van der Waals surface area contributed by atoms with Gasteiger partial charge in [-0.05, 0) is 18.7 Å². The van der Waals surface area contributed by atoms with Crippen molar-refractivity contribution in [3.05, 3.63) is 58.6 Å². The number of benzene rings is 2. The fourth-order valence-electron chi connectivity index (χ4n) is 4.84. The second kappa shape index (κ2) is 7.22. The lowest BCUT2D eigenvalue weighted by molar-refractivity contribution is -0.150. The Bertz CT molecular complexity index is 953. The van der Waals surface area contributed by atoms with Crippen LogP contribution < -0.4 is 9.47 Å². The van der Waals surface area contributed by atoms with E-state index in [4.69, 9.17) is 26.2 Å². The Morgan fingerprint density at radius 3 is 2.69 bits per heavy atom. The number of likely N-dealkylation sites (tertiary alicyclic amines) is 1. The number of hydrogen-bond donors (Lipinski definition) is 0. The van der Waals surface area contributed by atoms with Crippen LogP contribution in [0.2, 0.25) is 5.02 Å². The highest BCUT2D eigenvalue weighted by molar-refractivity contribution is 6.34. The van der Waals surface area contributed by atoms with Crippen LogP contribution in [0.3, 0.4) is 0 Å². The summed E-state index contributed by atoms with van der Waals surface area (Å²) >= 11 is 6.51. The zero-order valence-electron chi connectivity index (χ0n) is 16.9. The molecule has 2 aromatic carbocycles. The van der Waals surface area contributed by atoms with E-state index in [9.17, 15) is 0 Å². The molecule has 1 saturated heterocycles. The van der Waals surface area contributed by atoms with E-state index in [2.05, 4.69) is 29.0 Å². The zero-order chi connectivity index (χ0) is 20.0. The Morgan fingerprint density at radius 1 is 1.17 bits per heavy atom. The molecule has 0 radical (unpaired) electrons. The van der Waals surface area contributed by atoms with Crippen molar-refractivity contribution >= 4 is 17.3 Å². The number of fused-ring (bicyclic) bond motifs is 4. The number of para-hydroxylation sites is 1. The number of piperidine rings is 1. The second-order valence-electron chi connectivity index (χ2n) is 7.95. The molecule has 5 rings (SSSR count). The molecule has 0 N–H and O–H groups in total. The van der Waals surface area contributed by atoms with Crippen LogP contribution in [0.5, 0.6) is 11.5 Å². The minimum atomic E-state index is -0.443. The molecule has 1 spiro atoms. The van der Waals surface area contributed by atoms with Gasteiger partial charge in [-0.2, -0.15) is 5.10 Å². The van der Waals surface area contributed by atoms with E-state index in [1.165, 1.54) is 0 Å². The topological polar surface area (TPSA) is 37.3 Å². The van der Waals surface area contributed by atoms with Crippen LogP contribution in [0.4, 0.5) is 0 Å². The maximum atomic E-state index is 6.74. The number of halogens is 1. The van der Waals surface area contributed by atoms with Crippen LogP contribution in [0.15, 0.2) is 47.6 Å². The lowest BCUT2D eigenvalue weighted by Crippen LogP contribution is -2.59. The molecule has 3 heterocycles. The van der Waals surface area contributed by atoms with Crippen LogP contribution in [-0.4, -0.2) is 48.1 Å². The van der Waals surface area contributed by atoms with Crippen molar-refractivity contribution in [2.75, 3.05) is 26.7 Å². The van der Waals surface area contributed by atoms with Gasteiger partial charge in [0.2, 0.25) is 5.72 Å². The summed E-state index contributed by atoms with van der Waals surface area (Å²) in [6, 6.07) is 14.2. The number of hydrazone groups is 1. The predicted octanol–water partition coefficient (Wildman–Crippen LogP) is 4.70. The number of ether oxygens (including phenoxy) is 2. The summed E-state index contributed by atoms with van der Waals surface area (Å²) in [5.74, 6) is 1.67. The van der Waals surface area contributed by atoms with E-state index in [0.29, 0.717) is 0 Å². The van der Waals surface area contributed by atoms with Crippen LogP contribution >= 0.6 is 11.6 Å². The molecule has 0 saturated carbocycles. The van der Waals surface area contributed by atoms with Crippen LogP contribution in [0.25, 0.3) is 0 Å². The van der Waals surface area contributed by atoms with Crippen LogP contribution in [-0.2, 0) is 0 Å². The summed E-state index contributed by atoms with van der Waals surface area (Å²) in [6.45, 7) is 5.28. The molecule has 0 bridgehead atoms. The van der Waals surface area contributed by atoms with Crippen molar-refractivity contribution in [3.8, 4) is 11.5 Å². The molecule has 6 heteroatoms. The molecule has 1 fully saturated rings. The highest BCUT2D eigenvalue weighted by atomic mass is 35.5. The third-order valence-electron chi connectivity index (χ3n) is 6.48. The molecule has 0 aliphatic carbocycles. The first-order valence-corrected chi connectivity index (χ1v) is 10.7. The third kappa shape index (κ3) is 2.99. The van der Waals surface area contributed by atoms with E-state index in [-0.39, 0.29) is 6.04 Å². The Balaban J connectivity index is 1.60. The average molecular weight is 412 g/mol. The SMILES string of the molecule is CCN1CCC2(CC1)Oc1c(OC)cccc1[C@H]1CC(c3ccccc3Cl)=NN12. The van der Waals surface area contributed by atoms with Gasteiger partial charge in [-0.25, -0.2) is 5.01 Å². The van der Waals surface area contributed by atoms with Gasteiger partial charge in [0.05, 0.1) is 18.9 Å². The first-order valence-electron chi connectivity index (χ1n) is 10.3. The number of hydrogen-bond acceptors (Lipinski definition) is 5.